The number of aryl methyl sites for hydroxylation is 1. The summed E-state index contributed by atoms with van der Waals surface area (Å²) in [5.74, 6) is 0. The first kappa shape index (κ1) is 21.6. The lowest BCUT2D eigenvalue weighted by atomic mass is 10.0. The van der Waals surface area contributed by atoms with Crippen LogP contribution in [-0.2, 0) is 10.0 Å². The molecule has 1 heterocycles. The predicted octanol–water partition coefficient (Wildman–Crippen LogP) is 5.11. The van der Waals surface area contributed by atoms with Crippen LogP contribution in [-0.4, -0.2) is 26.9 Å². The van der Waals surface area contributed by atoms with Gasteiger partial charge >= 0.3 is 0 Å². The van der Waals surface area contributed by atoms with Crippen LogP contribution in [0.3, 0.4) is 0 Å². The van der Waals surface area contributed by atoms with Crippen LogP contribution in [0.2, 0.25) is 0 Å². The third kappa shape index (κ3) is 4.39. The molecule has 7 heteroatoms. The first-order valence-corrected chi connectivity index (χ1v) is 12.1. The maximum atomic E-state index is 13.5. The van der Waals surface area contributed by atoms with E-state index >= 15 is 0 Å². The molecule has 0 aromatic heterocycles. The van der Waals surface area contributed by atoms with E-state index in [1.54, 1.807) is 12.1 Å². The number of hydrogen-bond donors (Lipinski definition) is 1. The summed E-state index contributed by atoms with van der Waals surface area (Å²) < 4.78 is 29.4. The van der Waals surface area contributed by atoms with E-state index in [0.29, 0.717) is 0 Å². The highest BCUT2D eigenvalue weighted by molar-refractivity contribution is 9.10. The Morgan fingerprint density at radius 2 is 1.52 bits per heavy atom. The van der Waals surface area contributed by atoms with Crippen LogP contribution in [0.15, 0.2) is 88.2 Å². The zero-order valence-electron chi connectivity index (χ0n) is 17.6. The normalized spacial score (nSPS) is 16.6. The van der Waals surface area contributed by atoms with E-state index in [9.17, 15) is 8.42 Å². The first-order chi connectivity index (χ1) is 14.8. The van der Waals surface area contributed by atoms with Crippen molar-refractivity contribution in [3.05, 3.63) is 100 Å². The van der Waals surface area contributed by atoms with Gasteiger partial charge in [-0.2, -0.15) is 0 Å². The van der Waals surface area contributed by atoms with E-state index in [2.05, 4.69) is 21.4 Å². The zero-order valence-corrected chi connectivity index (χ0v) is 20.0. The van der Waals surface area contributed by atoms with Gasteiger partial charge in [0.05, 0.1) is 16.6 Å². The zero-order chi connectivity index (χ0) is 22.2. The van der Waals surface area contributed by atoms with Gasteiger partial charge in [0.2, 0.25) is 0 Å². The average Bonchev–Trinajstić information content (AvgIpc) is 3.21. The van der Waals surface area contributed by atoms with Crippen molar-refractivity contribution < 1.29 is 8.42 Å². The molecule has 0 fully saturated rings. The molecule has 0 bridgehead atoms. The number of benzene rings is 3. The lowest BCUT2D eigenvalue weighted by Crippen LogP contribution is -2.39. The number of nitrogens with zero attached hydrogens (tertiary/aromatic N) is 2. The van der Waals surface area contributed by atoms with E-state index in [1.165, 1.54) is 4.41 Å². The lowest BCUT2D eigenvalue weighted by Gasteiger charge is -2.25. The standard InChI is InChI=1S/C24H24BrN3O2S/c1-17-4-14-22(15-5-17)31(29,30)28-24(19-8-12-21(13-9-19)27(2)3)16-23(26-28)18-6-10-20(25)11-7-18/h4-16,24,26H,1-3H3/t24-/m1/s1. The number of halogens is 1. The summed E-state index contributed by atoms with van der Waals surface area (Å²) in [6.45, 7) is 1.94. The van der Waals surface area contributed by atoms with Gasteiger partial charge in [-0.3, -0.25) is 0 Å². The Labute approximate surface area is 192 Å². The number of rotatable bonds is 5. The molecule has 0 radical (unpaired) electrons. The van der Waals surface area contributed by atoms with Crippen molar-refractivity contribution in [2.24, 2.45) is 0 Å². The highest BCUT2D eigenvalue weighted by Crippen LogP contribution is 2.36. The van der Waals surface area contributed by atoms with Crippen LogP contribution < -0.4 is 10.3 Å². The number of sulfonamides is 1. The van der Waals surface area contributed by atoms with Crippen LogP contribution in [0.4, 0.5) is 5.69 Å². The Hall–Kier alpha value is -2.61. The van der Waals surface area contributed by atoms with Crippen LogP contribution in [0.25, 0.3) is 5.70 Å². The minimum Gasteiger partial charge on any atom is -0.378 e. The van der Waals surface area contributed by atoms with Crippen LogP contribution in [0.1, 0.15) is 22.7 Å². The third-order valence-corrected chi connectivity index (χ3v) is 7.52. The summed E-state index contributed by atoms with van der Waals surface area (Å²) in [7, 11) is 0.178. The summed E-state index contributed by atoms with van der Waals surface area (Å²) in [6.07, 6.45) is 1.96. The number of nitrogens with one attached hydrogen (secondary N) is 1. The fourth-order valence-electron chi connectivity index (χ4n) is 3.48. The highest BCUT2D eigenvalue weighted by atomic mass is 79.9. The highest BCUT2D eigenvalue weighted by Gasteiger charge is 2.37. The summed E-state index contributed by atoms with van der Waals surface area (Å²) in [5.41, 5.74) is 7.77. The van der Waals surface area contributed by atoms with Crippen molar-refractivity contribution in [1.82, 2.24) is 9.84 Å². The second-order valence-corrected chi connectivity index (χ2v) is 10.5. The molecule has 160 valence electrons. The molecule has 5 nitrogen and oxygen atoms in total. The van der Waals surface area contributed by atoms with Crippen molar-refractivity contribution in [2.45, 2.75) is 17.9 Å². The van der Waals surface area contributed by atoms with Gasteiger partial charge in [0.25, 0.3) is 10.0 Å². The van der Waals surface area contributed by atoms with Crippen LogP contribution in [0, 0.1) is 6.92 Å². The second-order valence-electron chi connectivity index (χ2n) is 7.74. The maximum absolute atomic E-state index is 13.5. The number of anilines is 1. The Morgan fingerprint density at radius 3 is 2.10 bits per heavy atom. The smallest absolute Gasteiger partial charge is 0.260 e. The molecule has 0 aliphatic carbocycles. The van der Waals surface area contributed by atoms with E-state index in [0.717, 1.165) is 32.5 Å². The van der Waals surface area contributed by atoms with Crippen molar-refractivity contribution in [3.63, 3.8) is 0 Å². The topological polar surface area (TPSA) is 52.7 Å². The molecule has 0 saturated carbocycles. The van der Waals surface area contributed by atoms with Gasteiger partial charge in [0.15, 0.2) is 0 Å². The average molecular weight is 498 g/mol. The Kier molecular flexibility index (Phi) is 5.92. The fraction of sp³-hybridized carbons (Fsp3) is 0.167. The lowest BCUT2D eigenvalue weighted by molar-refractivity contribution is 0.348. The summed E-state index contributed by atoms with van der Waals surface area (Å²) in [4.78, 5) is 2.27. The number of hydrogen-bond acceptors (Lipinski definition) is 4. The molecule has 0 unspecified atom stereocenters. The Morgan fingerprint density at radius 1 is 0.903 bits per heavy atom. The molecule has 1 aliphatic heterocycles. The Bertz CT molecular complexity index is 1200. The molecule has 3 aromatic carbocycles. The summed E-state index contributed by atoms with van der Waals surface area (Å²) >= 11 is 3.45. The molecule has 1 atom stereocenters. The first-order valence-electron chi connectivity index (χ1n) is 9.88. The van der Waals surface area contributed by atoms with E-state index in [-0.39, 0.29) is 4.90 Å². The molecule has 0 amide bonds. The molecule has 0 spiro atoms. The predicted molar refractivity (Wildman–Crippen MR) is 129 cm³/mol. The summed E-state index contributed by atoms with van der Waals surface area (Å²) in [5, 5.41) is 0. The fourth-order valence-corrected chi connectivity index (χ4v) is 5.15. The minimum absolute atomic E-state index is 0.256. The van der Waals surface area contributed by atoms with Crippen molar-refractivity contribution in [3.8, 4) is 0 Å². The largest absolute Gasteiger partial charge is 0.378 e. The van der Waals surface area contributed by atoms with Gasteiger partial charge in [-0.15, -0.1) is 4.41 Å². The second kappa shape index (κ2) is 8.49. The number of hydrazine groups is 1. The molecule has 3 aromatic rings. The van der Waals surface area contributed by atoms with Gasteiger partial charge in [0.1, 0.15) is 0 Å². The van der Waals surface area contributed by atoms with Crippen LogP contribution in [0.5, 0.6) is 0 Å². The third-order valence-electron chi connectivity index (χ3n) is 5.29. The summed E-state index contributed by atoms with van der Waals surface area (Å²) in [6, 6.07) is 22.2. The SMILES string of the molecule is Cc1ccc(S(=O)(=O)N2NC(c3ccc(Br)cc3)=C[C@@H]2c2ccc(N(C)C)cc2)cc1. The maximum Gasteiger partial charge on any atom is 0.260 e. The van der Waals surface area contributed by atoms with Crippen molar-refractivity contribution >= 4 is 37.3 Å². The Balaban J connectivity index is 1.77. The van der Waals surface area contributed by atoms with Crippen molar-refractivity contribution in [2.75, 3.05) is 19.0 Å². The molecule has 31 heavy (non-hydrogen) atoms. The van der Waals surface area contributed by atoms with Gasteiger partial charge in [-0.05, 0) is 60.5 Å². The van der Waals surface area contributed by atoms with Gasteiger partial charge in [0, 0.05) is 24.3 Å². The van der Waals surface area contributed by atoms with Gasteiger partial charge < -0.3 is 10.3 Å². The molecule has 0 saturated heterocycles. The van der Waals surface area contributed by atoms with Crippen LogP contribution >= 0.6 is 15.9 Å². The van der Waals surface area contributed by atoms with Crippen molar-refractivity contribution in [1.29, 1.82) is 0 Å². The quantitative estimate of drug-likeness (QED) is 0.531. The van der Waals surface area contributed by atoms with Gasteiger partial charge in [-0.25, -0.2) is 8.42 Å². The molecule has 1 N–H and O–H groups in total. The van der Waals surface area contributed by atoms with E-state index < -0.39 is 16.1 Å². The molecular weight excluding hydrogens is 474 g/mol. The molecule has 1 aliphatic rings. The monoisotopic (exact) mass is 497 g/mol. The molecular formula is C24H24BrN3O2S. The minimum atomic E-state index is -3.78. The van der Waals surface area contributed by atoms with Gasteiger partial charge in [-0.1, -0.05) is 57.9 Å². The van der Waals surface area contributed by atoms with E-state index in [4.69, 9.17) is 0 Å². The van der Waals surface area contributed by atoms with E-state index in [1.807, 2.05) is 92.7 Å². The molecule has 4 rings (SSSR count).